The van der Waals surface area contributed by atoms with Gasteiger partial charge in [0.15, 0.2) is 0 Å². The van der Waals surface area contributed by atoms with Crippen LogP contribution in [-0.2, 0) is 0 Å². The summed E-state index contributed by atoms with van der Waals surface area (Å²) in [5.41, 5.74) is 1.04. The molecule has 0 saturated carbocycles. The van der Waals surface area contributed by atoms with Gasteiger partial charge in [0.1, 0.15) is 0 Å². The molecule has 0 fully saturated rings. The Morgan fingerprint density at radius 3 is 3.33 bits per heavy atom. The second-order valence-electron chi connectivity index (χ2n) is 1.83. The van der Waals surface area contributed by atoms with Crippen LogP contribution in [0.5, 0.6) is 0 Å². The molecule has 3 radical (unpaired) electrons. The Morgan fingerprint density at radius 1 is 1.44 bits per heavy atom. The van der Waals surface area contributed by atoms with Crippen LogP contribution in [0.25, 0.3) is 10.9 Å². The number of fused-ring (bicyclic) bond motifs is 1. The lowest BCUT2D eigenvalue weighted by atomic mass is 10.3. The fourth-order valence-corrected chi connectivity index (χ4v) is 0.806. The van der Waals surface area contributed by atoms with Crippen molar-refractivity contribution >= 4 is 10.9 Å². The average Bonchev–Trinajstić information content (AvgIpc) is 2.33. The lowest BCUT2D eigenvalue weighted by Crippen LogP contribution is -1.62. The van der Waals surface area contributed by atoms with E-state index in [-0.39, 0.29) is 0 Å². The number of nitrogens with one attached hydrogen (secondary N) is 1. The van der Waals surface area contributed by atoms with Gasteiger partial charge < -0.3 is 4.98 Å². The van der Waals surface area contributed by atoms with Crippen LogP contribution in [0.2, 0.25) is 0 Å². The van der Waals surface area contributed by atoms with Gasteiger partial charge in [-0.1, -0.05) is 12.1 Å². The third-order valence-corrected chi connectivity index (χ3v) is 1.24. The van der Waals surface area contributed by atoms with Crippen molar-refractivity contribution in [2.45, 2.75) is 0 Å². The molecule has 0 bridgehead atoms. The minimum absolute atomic E-state index is 0.970. The number of rotatable bonds is 0. The van der Waals surface area contributed by atoms with Crippen molar-refractivity contribution in [3.05, 3.63) is 36.5 Å². The van der Waals surface area contributed by atoms with E-state index in [0.717, 1.165) is 10.9 Å². The monoisotopic (exact) mass is 114 g/mol. The van der Waals surface area contributed by atoms with E-state index in [1.165, 1.54) is 0 Å². The highest BCUT2D eigenvalue weighted by Gasteiger charge is 1.88. The molecule has 0 amide bonds. The van der Waals surface area contributed by atoms with Gasteiger partial charge in [0.2, 0.25) is 0 Å². The zero-order valence-corrected chi connectivity index (χ0v) is 4.73. The number of H-pyrrole nitrogens is 1. The Labute approximate surface area is 53.3 Å². The maximum absolute atomic E-state index is 3.01. The van der Waals surface area contributed by atoms with E-state index in [4.69, 9.17) is 0 Å². The third-order valence-electron chi connectivity index (χ3n) is 1.24. The molecule has 1 aromatic carbocycles. The van der Waals surface area contributed by atoms with Crippen LogP contribution in [0.1, 0.15) is 0 Å². The molecule has 0 aliphatic heterocycles. The smallest absolute Gasteiger partial charge is 0.0718 e. The number of hydrogen-bond donors (Lipinski definition) is 1. The van der Waals surface area contributed by atoms with Crippen molar-refractivity contribution in [2.24, 2.45) is 0 Å². The Morgan fingerprint density at radius 2 is 2.44 bits per heavy atom. The van der Waals surface area contributed by atoms with Gasteiger partial charge in [0, 0.05) is 17.0 Å². The van der Waals surface area contributed by atoms with Crippen molar-refractivity contribution in [1.82, 2.24) is 4.98 Å². The van der Waals surface area contributed by atoms with Crippen molar-refractivity contribution in [3.8, 4) is 0 Å². The number of aromatic nitrogens is 1. The second-order valence-corrected chi connectivity index (χ2v) is 1.83. The first-order valence-electron chi connectivity index (χ1n) is 2.74. The van der Waals surface area contributed by atoms with Gasteiger partial charge in [0.25, 0.3) is 0 Å². The highest BCUT2D eigenvalue weighted by atomic mass is 14.6. The van der Waals surface area contributed by atoms with Gasteiger partial charge in [-0.25, -0.2) is 0 Å². The van der Waals surface area contributed by atoms with Crippen LogP contribution in [-0.4, -0.2) is 4.98 Å². The van der Waals surface area contributed by atoms with E-state index in [2.05, 4.69) is 23.3 Å². The summed E-state index contributed by atoms with van der Waals surface area (Å²) < 4.78 is 0. The quantitative estimate of drug-likeness (QED) is 0.535. The molecule has 0 aliphatic carbocycles. The first-order valence-corrected chi connectivity index (χ1v) is 2.74. The molecule has 9 heavy (non-hydrogen) atoms. The van der Waals surface area contributed by atoms with Gasteiger partial charge in [-0.3, -0.25) is 0 Å². The molecule has 0 saturated heterocycles. The Hall–Kier alpha value is -1.24. The highest BCUT2D eigenvalue weighted by molar-refractivity contribution is 5.77. The van der Waals surface area contributed by atoms with Crippen molar-refractivity contribution in [3.63, 3.8) is 0 Å². The zero-order chi connectivity index (χ0) is 6.10. The molecule has 1 heterocycles. The molecular formula is C8H4N. The average molecular weight is 114 g/mol. The van der Waals surface area contributed by atoms with Gasteiger partial charge in [-0.2, -0.15) is 0 Å². The lowest BCUT2D eigenvalue weighted by molar-refractivity contribution is 1.45. The van der Waals surface area contributed by atoms with Crippen LogP contribution in [0.4, 0.5) is 0 Å². The van der Waals surface area contributed by atoms with Crippen LogP contribution in [0.15, 0.2) is 18.2 Å². The van der Waals surface area contributed by atoms with Crippen molar-refractivity contribution in [2.75, 3.05) is 0 Å². The molecule has 1 nitrogen and oxygen atoms in total. The van der Waals surface area contributed by atoms with Gasteiger partial charge in [0.05, 0.1) is 6.20 Å². The number of hydrogen-bond acceptors (Lipinski definition) is 0. The van der Waals surface area contributed by atoms with Gasteiger partial charge in [-0.15, -0.1) is 0 Å². The summed E-state index contributed by atoms with van der Waals surface area (Å²) in [6, 6.07) is 11.7. The maximum Gasteiger partial charge on any atom is 0.0718 e. The van der Waals surface area contributed by atoms with Crippen LogP contribution >= 0.6 is 0 Å². The zero-order valence-electron chi connectivity index (χ0n) is 4.73. The molecule has 0 aliphatic rings. The maximum atomic E-state index is 3.01. The van der Waals surface area contributed by atoms with Gasteiger partial charge >= 0.3 is 0 Å². The predicted octanol–water partition coefficient (Wildman–Crippen LogP) is 1.57. The summed E-state index contributed by atoms with van der Waals surface area (Å²) in [5, 5.41) is 0.970. The van der Waals surface area contributed by atoms with E-state index in [1.807, 2.05) is 18.2 Å². The molecule has 2 aromatic rings. The molecule has 0 atom stereocenters. The molecule has 2 rings (SSSR count). The van der Waals surface area contributed by atoms with Crippen molar-refractivity contribution < 1.29 is 0 Å². The fraction of sp³-hybridized carbons (Fsp3) is 0. The standard InChI is InChI=1S/C8H4N/c1-2-4-8-7(3-1)5-6-9-8/h1-2,4,9H. The Balaban J connectivity index is 2.95. The summed E-state index contributed by atoms with van der Waals surface area (Å²) in [4.78, 5) is 2.91. The highest BCUT2D eigenvalue weighted by Crippen LogP contribution is 2.07. The van der Waals surface area contributed by atoms with Gasteiger partial charge in [-0.05, 0) is 12.1 Å². The molecule has 0 spiro atoms. The molecule has 1 N–H and O–H groups in total. The van der Waals surface area contributed by atoms with Crippen molar-refractivity contribution in [1.29, 1.82) is 0 Å². The first-order chi connectivity index (χ1) is 4.47. The number of aromatic amines is 1. The minimum Gasteiger partial charge on any atom is -0.353 e. The molecule has 1 aromatic heterocycles. The molecular weight excluding hydrogens is 110 g/mol. The predicted molar refractivity (Wildman–Crippen MR) is 34.8 cm³/mol. The van der Waals surface area contributed by atoms with E-state index < -0.39 is 0 Å². The first kappa shape index (κ1) is 4.62. The molecule has 0 unspecified atom stereocenters. The van der Waals surface area contributed by atoms with E-state index in [9.17, 15) is 0 Å². The third kappa shape index (κ3) is 0.617. The molecule has 1 heteroatoms. The van der Waals surface area contributed by atoms with E-state index in [1.54, 1.807) is 0 Å². The topological polar surface area (TPSA) is 15.8 Å². The SMILES string of the molecule is [c]1[c]c2[c]cccc2[nH]1. The summed E-state index contributed by atoms with van der Waals surface area (Å²) in [5.74, 6) is 0. The van der Waals surface area contributed by atoms with Crippen LogP contribution in [0.3, 0.4) is 0 Å². The summed E-state index contributed by atoms with van der Waals surface area (Å²) >= 11 is 0. The summed E-state index contributed by atoms with van der Waals surface area (Å²) in [7, 11) is 0. The normalized spacial score (nSPS) is 10.2. The van der Waals surface area contributed by atoms with Crippen LogP contribution < -0.4 is 0 Å². The number of benzene rings is 1. The Bertz CT molecular complexity index is 279. The summed E-state index contributed by atoms with van der Waals surface area (Å²) in [6.07, 6.45) is 2.76. The largest absolute Gasteiger partial charge is 0.353 e. The summed E-state index contributed by atoms with van der Waals surface area (Å²) in [6.45, 7) is 0. The van der Waals surface area contributed by atoms with E-state index in [0.29, 0.717) is 0 Å². The molecule has 41 valence electrons. The van der Waals surface area contributed by atoms with Crippen LogP contribution in [0, 0.1) is 18.3 Å². The minimum atomic E-state index is 0.970. The Kier molecular flexibility index (Phi) is 0.833. The second kappa shape index (κ2) is 1.62. The fourth-order valence-electron chi connectivity index (χ4n) is 0.806. The van der Waals surface area contributed by atoms with E-state index >= 15 is 0 Å². The lowest BCUT2D eigenvalue weighted by Gasteiger charge is -1.81.